The molecular formula is C24H20Cl2N4O2. The van der Waals surface area contributed by atoms with Gasteiger partial charge in [0.1, 0.15) is 17.5 Å². The van der Waals surface area contributed by atoms with Gasteiger partial charge in [0.25, 0.3) is 5.91 Å². The minimum Gasteiger partial charge on any atom is -0.489 e. The molecule has 0 spiro atoms. The number of carbonyl (C=O) groups excluding carboxylic acids is 1. The van der Waals surface area contributed by atoms with E-state index in [1.54, 1.807) is 41.2 Å². The number of hydrogen-bond donors (Lipinski definition) is 1. The van der Waals surface area contributed by atoms with Crippen LogP contribution in [0.3, 0.4) is 0 Å². The summed E-state index contributed by atoms with van der Waals surface area (Å²) >= 11 is 12.3. The Bertz CT molecular complexity index is 1250. The van der Waals surface area contributed by atoms with Crippen LogP contribution >= 0.6 is 23.2 Å². The molecule has 1 amide bonds. The van der Waals surface area contributed by atoms with Gasteiger partial charge in [-0.3, -0.25) is 4.79 Å². The predicted molar refractivity (Wildman–Crippen MR) is 126 cm³/mol. The highest BCUT2D eigenvalue weighted by molar-refractivity contribution is 6.31. The molecule has 4 rings (SSSR count). The lowest BCUT2D eigenvalue weighted by Crippen LogP contribution is -2.12. The van der Waals surface area contributed by atoms with Crippen molar-refractivity contribution in [3.8, 4) is 11.4 Å². The molecule has 0 bridgehead atoms. The molecule has 1 N–H and O–H groups in total. The molecule has 32 heavy (non-hydrogen) atoms. The highest BCUT2D eigenvalue weighted by Gasteiger charge is 2.11. The minimum absolute atomic E-state index is 0.214. The summed E-state index contributed by atoms with van der Waals surface area (Å²) in [5.41, 5.74) is 4.50. The average molecular weight is 467 g/mol. The Balaban J connectivity index is 1.38. The van der Waals surface area contributed by atoms with Gasteiger partial charge in [0, 0.05) is 23.0 Å². The largest absolute Gasteiger partial charge is 0.489 e. The number of ether oxygens (including phenoxy) is 1. The summed E-state index contributed by atoms with van der Waals surface area (Å²) in [7, 11) is 0. The molecule has 6 nitrogen and oxygen atoms in total. The molecule has 0 radical (unpaired) electrons. The fourth-order valence-electron chi connectivity index (χ4n) is 3.15. The SMILES string of the molecule is Cc1nn(-c2ccc(NC(=O)c3ccc(OCc4cccnc4Cl)cc3)cc2)c(C)c1Cl. The molecule has 0 saturated heterocycles. The average Bonchev–Trinajstić information content (AvgIpc) is 3.06. The highest BCUT2D eigenvalue weighted by Crippen LogP contribution is 2.23. The van der Waals surface area contributed by atoms with E-state index in [2.05, 4.69) is 15.4 Å². The van der Waals surface area contributed by atoms with Crippen LogP contribution in [0.2, 0.25) is 10.2 Å². The first kappa shape index (κ1) is 21.9. The van der Waals surface area contributed by atoms with Crippen molar-refractivity contribution in [2.75, 3.05) is 5.32 Å². The molecule has 0 aliphatic carbocycles. The van der Waals surface area contributed by atoms with E-state index >= 15 is 0 Å². The molecule has 2 heterocycles. The zero-order valence-electron chi connectivity index (χ0n) is 17.5. The van der Waals surface area contributed by atoms with E-state index in [1.165, 1.54) is 0 Å². The molecule has 162 valence electrons. The van der Waals surface area contributed by atoms with Crippen molar-refractivity contribution in [3.05, 3.63) is 99.6 Å². The van der Waals surface area contributed by atoms with E-state index in [-0.39, 0.29) is 5.91 Å². The molecule has 0 unspecified atom stereocenters. The molecule has 0 atom stereocenters. The van der Waals surface area contributed by atoms with Crippen LogP contribution in [-0.2, 0) is 6.61 Å². The number of benzene rings is 2. The fourth-order valence-corrected chi connectivity index (χ4v) is 3.45. The van der Waals surface area contributed by atoms with Crippen LogP contribution in [0.15, 0.2) is 66.9 Å². The Morgan fingerprint density at radius 2 is 1.75 bits per heavy atom. The Morgan fingerprint density at radius 3 is 2.38 bits per heavy atom. The number of hydrogen-bond acceptors (Lipinski definition) is 4. The maximum atomic E-state index is 12.6. The minimum atomic E-state index is -0.214. The molecular weight excluding hydrogens is 447 g/mol. The first-order chi connectivity index (χ1) is 15.4. The van der Waals surface area contributed by atoms with Crippen LogP contribution < -0.4 is 10.1 Å². The van der Waals surface area contributed by atoms with Gasteiger partial charge >= 0.3 is 0 Å². The molecule has 4 aromatic rings. The Morgan fingerprint density at radius 1 is 1.03 bits per heavy atom. The van der Waals surface area contributed by atoms with E-state index in [1.807, 2.05) is 44.2 Å². The normalized spacial score (nSPS) is 10.8. The number of carbonyl (C=O) groups is 1. The van der Waals surface area contributed by atoms with Crippen LogP contribution in [0.5, 0.6) is 5.75 Å². The number of pyridine rings is 1. The monoisotopic (exact) mass is 466 g/mol. The summed E-state index contributed by atoms with van der Waals surface area (Å²) in [5.74, 6) is 0.420. The third-order valence-corrected chi connectivity index (χ3v) is 5.81. The zero-order valence-corrected chi connectivity index (χ0v) is 19.0. The highest BCUT2D eigenvalue weighted by atomic mass is 35.5. The Hall–Kier alpha value is -3.35. The van der Waals surface area contributed by atoms with Crippen LogP contribution in [0.25, 0.3) is 5.69 Å². The van der Waals surface area contributed by atoms with Gasteiger partial charge in [0.05, 0.1) is 22.1 Å². The summed E-state index contributed by atoms with van der Waals surface area (Å²) in [5, 5.41) is 8.40. The van der Waals surface area contributed by atoms with Crippen LogP contribution in [0.4, 0.5) is 5.69 Å². The van der Waals surface area contributed by atoms with E-state index < -0.39 is 0 Å². The van der Waals surface area contributed by atoms with Gasteiger partial charge in [-0.1, -0.05) is 29.3 Å². The predicted octanol–water partition coefficient (Wildman–Crippen LogP) is 6.02. The van der Waals surface area contributed by atoms with Crippen molar-refractivity contribution in [1.29, 1.82) is 0 Å². The van der Waals surface area contributed by atoms with Crippen LogP contribution in [0.1, 0.15) is 27.3 Å². The van der Waals surface area contributed by atoms with Gasteiger partial charge in [-0.05, 0) is 68.4 Å². The molecule has 2 aromatic heterocycles. The topological polar surface area (TPSA) is 69.0 Å². The van der Waals surface area contributed by atoms with Gasteiger partial charge in [-0.2, -0.15) is 5.10 Å². The molecule has 2 aromatic carbocycles. The molecule has 8 heteroatoms. The van der Waals surface area contributed by atoms with E-state index in [9.17, 15) is 4.79 Å². The number of anilines is 1. The lowest BCUT2D eigenvalue weighted by molar-refractivity contribution is 0.102. The number of nitrogens with zero attached hydrogens (tertiary/aromatic N) is 3. The summed E-state index contributed by atoms with van der Waals surface area (Å²) < 4.78 is 7.51. The first-order valence-electron chi connectivity index (χ1n) is 9.88. The van der Waals surface area contributed by atoms with Crippen LogP contribution in [-0.4, -0.2) is 20.7 Å². The van der Waals surface area contributed by atoms with Gasteiger partial charge in [0.15, 0.2) is 0 Å². The van der Waals surface area contributed by atoms with Crippen molar-refractivity contribution in [3.63, 3.8) is 0 Å². The van der Waals surface area contributed by atoms with Crippen molar-refractivity contribution in [2.45, 2.75) is 20.5 Å². The molecule has 0 aliphatic rings. The van der Waals surface area contributed by atoms with Gasteiger partial charge in [0.2, 0.25) is 0 Å². The standard InChI is InChI=1S/C24H20Cl2N4O2/c1-15-22(25)16(2)30(29-15)20-9-7-19(8-10-20)28-24(31)17-5-11-21(12-6-17)32-14-18-4-3-13-27-23(18)26/h3-13H,14H2,1-2H3,(H,28,31). The van der Waals surface area contributed by atoms with Gasteiger partial charge in [-0.25, -0.2) is 9.67 Å². The number of rotatable bonds is 6. The number of nitrogens with one attached hydrogen (secondary N) is 1. The Kier molecular flexibility index (Phi) is 6.44. The molecule has 0 aliphatic heterocycles. The molecule has 0 fully saturated rings. The van der Waals surface area contributed by atoms with E-state index in [0.717, 1.165) is 22.6 Å². The lowest BCUT2D eigenvalue weighted by atomic mass is 10.2. The Labute approximate surface area is 195 Å². The number of aromatic nitrogens is 3. The smallest absolute Gasteiger partial charge is 0.255 e. The van der Waals surface area contributed by atoms with Gasteiger partial charge in [-0.15, -0.1) is 0 Å². The van der Waals surface area contributed by atoms with Crippen molar-refractivity contribution >= 4 is 34.8 Å². The quantitative estimate of drug-likeness (QED) is 0.352. The summed E-state index contributed by atoms with van der Waals surface area (Å²) in [6.45, 7) is 4.08. The summed E-state index contributed by atoms with van der Waals surface area (Å²) in [4.78, 5) is 16.6. The number of halogens is 2. The third-order valence-electron chi connectivity index (χ3n) is 4.92. The van der Waals surface area contributed by atoms with Crippen LogP contribution in [0, 0.1) is 13.8 Å². The van der Waals surface area contributed by atoms with E-state index in [0.29, 0.717) is 33.8 Å². The maximum absolute atomic E-state index is 12.6. The zero-order chi connectivity index (χ0) is 22.7. The van der Waals surface area contributed by atoms with E-state index in [4.69, 9.17) is 27.9 Å². The third kappa shape index (κ3) is 4.77. The van der Waals surface area contributed by atoms with Crippen molar-refractivity contribution < 1.29 is 9.53 Å². The van der Waals surface area contributed by atoms with Crippen molar-refractivity contribution in [1.82, 2.24) is 14.8 Å². The fraction of sp³-hybridized carbons (Fsp3) is 0.125. The van der Waals surface area contributed by atoms with Gasteiger partial charge < -0.3 is 10.1 Å². The second-order valence-corrected chi connectivity index (χ2v) is 7.90. The lowest BCUT2D eigenvalue weighted by Gasteiger charge is -2.10. The number of aryl methyl sites for hydroxylation is 1. The molecule has 0 saturated carbocycles. The maximum Gasteiger partial charge on any atom is 0.255 e. The second-order valence-electron chi connectivity index (χ2n) is 7.16. The second kappa shape index (κ2) is 9.42. The summed E-state index contributed by atoms with van der Waals surface area (Å²) in [6, 6.07) is 18.0. The summed E-state index contributed by atoms with van der Waals surface area (Å²) in [6.07, 6.45) is 1.63. The first-order valence-corrected chi connectivity index (χ1v) is 10.6. The number of amides is 1. The van der Waals surface area contributed by atoms with Crippen molar-refractivity contribution in [2.24, 2.45) is 0 Å².